The minimum atomic E-state index is -0.633. The van der Waals surface area contributed by atoms with Crippen molar-refractivity contribution < 1.29 is 28.5 Å². The molecule has 1 aromatic heterocycles. The molecule has 45 heavy (non-hydrogen) atoms. The number of carbonyl (C=O) groups excluding carboxylic acids is 2. The number of morpholine rings is 1. The van der Waals surface area contributed by atoms with Crippen molar-refractivity contribution in [2.45, 2.75) is 44.8 Å². The number of nitrogens with zero attached hydrogens (tertiary/aromatic N) is 4. The highest BCUT2D eigenvalue weighted by Gasteiger charge is 2.35. The number of unbranched alkanes of at least 4 members (excludes halogenated alkanes) is 1. The van der Waals surface area contributed by atoms with Gasteiger partial charge < -0.3 is 34.5 Å². The van der Waals surface area contributed by atoms with Gasteiger partial charge in [0, 0.05) is 24.5 Å². The molecular weight excluding hydrogens is 596 g/mol. The van der Waals surface area contributed by atoms with Gasteiger partial charge in [-0.05, 0) is 50.1 Å². The molecule has 3 heterocycles. The molecule has 240 valence electrons. The highest BCUT2D eigenvalue weighted by molar-refractivity contribution is 7.99. The fourth-order valence-electron chi connectivity index (χ4n) is 5.16. The Balaban J connectivity index is 1.47. The summed E-state index contributed by atoms with van der Waals surface area (Å²) in [6.45, 7) is 8.35. The van der Waals surface area contributed by atoms with Crippen molar-refractivity contribution in [2.24, 2.45) is 0 Å². The summed E-state index contributed by atoms with van der Waals surface area (Å²) in [6.07, 6.45) is 2.12. The van der Waals surface area contributed by atoms with Crippen LogP contribution in [0.2, 0.25) is 0 Å². The fourth-order valence-corrected chi connectivity index (χ4v) is 6.07. The first-order valence-corrected chi connectivity index (χ1v) is 16.2. The van der Waals surface area contributed by atoms with Crippen molar-refractivity contribution >= 4 is 35.2 Å². The van der Waals surface area contributed by atoms with Crippen molar-refractivity contribution in [2.75, 3.05) is 63.0 Å². The van der Waals surface area contributed by atoms with Crippen molar-refractivity contribution in [1.29, 1.82) is 0 Å². The molecule has 2 aliphatic rings. The maximum absolute atomic E-state index is 14.1. The van der Waals surface area contributed by atoms with Crippen molar-refractivity contribution in [3.05, 3.63) is 59.3 Å². The number of benzene rings is 2. The van der Waals surface area contributed by atoms with Gasteiger partial charge in [-0.3, -0.25) is 9.59 Å². The van der Waals surface area contributed by atoms with Gasteiger partial charge in [0.15, 0.2) is 18.1 Å². The molecule has 1 saturated heterocycles. The maximum Gasteiger partial charge on any atom is 0.260 e. The summed E-state index contributed by atoms with van der Waals surface area (Å²) in [5.41, 5.74) is 2.41. The number of ether oxygens (including phenoxy) is 4. The van der Waals surface area contributed by atoms with E-state index in [9.17, 15) is 9.59 Å². The zero-order valence-electron chi connectivity index (χ0n) is 26.1. The predicted molar refractivity (Wildman–Crippen MR) is 172 cm³/mol. The summed E-state index contributed by atoms with van der Waals surface area (Å²) < 4.78 is 24.5. The molecule has 1 unspecified atom stereocenters. The van der Waals surface area contributed by atoms with E-state index >= 15 is 0 Å². The number of allylic oxidation sites excluding steroid dienone is 1. The number of rotatable bonds is 13. The Bertz CT molecular complexity index is 1540. The van der Waals surface area contributed by atoms with Crippen LogP contribution in [0, 0.1) is 0 Å². The number of methoxy groups -OCH3 is 1. The molecule has 5 rings (SSSR count). The molecule has 2 aromatic carbocycles. The van der Waals surface area contributed by atoms with Gasteiger partial charge in [-0.2, -0.15) is 4.98 Å². The van der Waals surface area contributed by atoms with Crippen molar-refractivity contribution in [3.63, 3.8) is 0 Å². The zero-order chi connectivity index (χ0) is 31.8. The topological polar surface area (TPSA) is 129 Å². The number of anilines is 2. The molecule has 3 aromatic rings. The quantitative estimate of drug-likeness (QED) is 0.201. The van der Waals surface area contributed by atoms with Gasteiger partial charge in [0.1, 0.15) is 11.8 Å². The lowest BCUT2D eigenvalue weighted by molar-refractivity contribution is -0.137. The Labute approximate surface area is 267 Å². The second-order valence-electron chi connectivity index (χ2n) is 10.5. The average Bonchev–Trinajstić information content (AvgIpc) is 3.46. The molecule has 0 saturated carbocycles. The number of aromatic nitrogens is 3. The summed E-state index contributed by atoms with van der Waals surface area (Å²) in [5, 5.41) is 11.8. The van der Waals surface area contributed by atoms with Crippen LogP contribution >= 0.6 is 11.8 Å². The molecule has 2 aliphatic heterocycles. The molecule has 0 bridgehead atoms. The number of nitrogens with one attached hydrogen (secondary N) is 2. The number of hydrogen-bond acceptors (Lipinski definition) is 10. The molecule has 1 fully saturated rings. The Morgan fingerprint density at radius 3 is 2.64 bits per heavy atom. The molecular formula is C32H40N6O6S. The molecule has 13 heteroatoms. The van der Waals surface area contributed by atoms with E-state index in [4.69, 9.17) is 29.0 Å². The number of thioether (sulfide) groups is 1. The summed E-state index contributed by atoms with van der Waals surface area (Å²) >= 11 is 1.58. The predicted octanol–water partition coefficient (Wildman–Crippen LogP) is 4.74. The molecule has 12 nitrogen and oxygen atoms in total. The first-order valence-electron chi connectivity index (χ1n) is 15.2. The first kappa shape index (κ1) is 32.2. The van der Waals surface area contributed by atoms with Crippen LogP contribution in [0.3, 0.4) is 0 Å². The summed E-state index contributed by atoms with van der Waals surface area (Å²) in [6, 6.07) is 12.1. The minimum absolute atomic E-state index is 0.118. The van der Waals surface area contributed by atoms with E-state index in [1.54, 1.807) is 40.6 Å². The van der Waals surface area contributed by atoms with Crippen LogP contribution < -0.4 is 24.8 Å². The number of amides is 2. The smallest absolute Gasteiger partial charge is 0.260 e. The monoisotopic (exact) mass is 636 g/mol. The number of fused-ring (bicyclic) bond motifs is 1. The van der Waals surface area contributed by atoms with Crippen LogP contribution in [0.4, 0.5) is 11.6 Å². The van der Waals surface area contributed by atoms with E-state index in [2.05, 4.69) is 17.6 Å². The Kier molecular flexibility index (Phi) is 10.8. The first-order chi connectivity index (χ1) is 21.9. The van der Waals surface area contributed by atoms with Crippen LogP contribution in [0.25, 0.3) is 0 Å². The fraction of sp³-hybridized carbons (Fsp3) is 0.438. The number of carbonyl (C=O) groups is 2. The van der Waals surface area contributed by atoms with Gasteiger partial charge in [0.05, 0.1) is 38.2 Å². The van der Waals surface area contributed by atoms with Gasteiger partial charge >= 0.3 is 0 Å². The van der Waals surface area contributed by atoms with Crippen LogP contribution in [0.5, 0.6) is 17.2 Å². The third kappa shape index (κ3) is 7.54. The van der Waals surface area contributed by atoms with Gasteiger partial charge in [0.25, 0.3) is 11.8 Å². The average molecular weight is 637 g/mol. The highest BCUT2D eigenvalue weighted by Crippen LogP contribution is 2.40. The third-order valence-electron chi connectivity index (χ3n) is 7.46. The van der Waals surface area contributed by atoms with E-state index in [-0.39, 0.29) is 18.4 Å². The second-order valence-corrected chi connectivity index (χ2v) is 11.6. The lowest BCUT2D eigenvalue weighted by Crippen LogP contribution is -2.43. The number of hydrogen-bond donors (Lipinski definition) is 2. The van der Waals surface area contributed by atoms with Crippen LogP contribution in [0.15, 0.2) is 58.9 Å². The summed E-state index contributed by atoms with van der Waals surface area (Å²) in [5.74, 6) is 2.43. The zero-order valence-corrected chi connectivity index (χ0v) is 26.9. The van der Waals surface area contributed by atoms with E-state index in [0.29, 0.717) is 78.2 Å². The van der Waals surface area contributed by atoms with Gasteiger partial charge in [-0.15, -0.1) is 5.10 Å². The van der Waals surface area contributed by atoms with Gasteiger partial charge in [0.2, 0.25) is 11.1 Å². The van der Waals surface area contributed by atoms with Crippen molar-refractivity contribution in [1.82, 2.24) is 19.7 Å². The van der Waals surface area contributed by atoms with Gasteiger partial charge in [-0.25, -0.2) is 4.68 Å². The highest BCUT2D eigenvalue weighted by atomic mass is 32.2. The SMILES string of the molecule is CCCCSc1nc2n(n1)C(c1ccc(OCC(=O)N3CCOCC3)c(OC)c1)C(C(=O)Nc1ccccc1OCC)=C(C)N2. The number of para-hydroxylation sites is 2. The molecule has 2 N–H and O–H groups in total. The van der Waals surface area contributed by atoms with E-state index in [1.165, 1.54) is 0 Å². The largest absolute Gasteiger partial charge is 0.493 e. The molecule has 1 atom stereocenters. The minimum Gasteiger partial charge on any atom is -0.493 e. The summed E-state index contributed by atoms with van der Waals surface area (Å²) in [4.78, 5) is 33.2. The third-order valence-corrected chi connectivity index (χ3v) is 8.38. The molecule has 2 amide bonds. The van der Waals surface area contributed by atoms with Crippen LogP contribution in [-0.4, -0.2) is 83.9 Å². The van der Waals surface area contributed by atoms with E-state index in [0.717, 1.165) is 24.2 Å². The molecule has 0 radical (unpaired) electrons. The molecule has 0 spiro atoms. The Morgan fingerprint density at radius 2 is 1.89 bits per heavy atom. The van der Waals surface area contributed by atoms with Crippen molar-refractivity contribution in [3.8, 4) is 17.2 Å². The van der Waals surface area contributed by atoms with Crippen LogP contribution in [0.1, 0.15) is 45.2 Å². The normalized spacial score (nSPS) is 16.1. The lowest BCUT2D eigenvalue weighted by Gasteiger charge is -2.29. The molecule has 0 aliphatic carbocycles. The van der Waals surface area contributed by atoms with Crippen LogP contribution in [-0.2, 0) is 14.3 Å². The van der Waals surface area contributed by atoms with E-state index < -0.39 is 6.04 Å². The Hall–Kier alpha value is -4.23. The second kappa shape index (κ2) is 15.2. The standard InChI is InChI=1S/C32H40N6O6S/c1-5-7-18-45-32-35-31-33-21(3)28(30(40)34-23-10-8-9-11-24(23)43-6-2)29(38(31)36-32)22-12-13-25(26(19-22)41-4)44-20-27(39)37-14-16-42-17-15-37/h8-13,19,29H,5-7,14-18,20H2,1-4H3,(H,34,40)(H,33,35,36). The van der Waals surface area contributed by atoms with E-state index in [1.807, 2.05) is 44.2 Å². The lowest BCUT2D eigenvalue weighted by atomic mass is 9.94. The summed E-state index contributed by atoms with van der Waals surface area (Å²) in [7, 11) is 1.54. The Morgan fingerprint density at radius 1 is 1.09 bits per heavy atom. The maximum atomic E-state index is 14.1. The van der Waals surface area contributed by atoms with Gasteiger partial charge in [-0.1, -0.05) is 43.3 Å².